The molecule has 2 aromatic rings. The highest BCUT2D eigenvalue weighted by Crippen LogP contribution is 2.32. The number of unbranched alkanes of at least 4 members (excludes halogenated alkanes) is 1. The summed E-state index contributed by atoms with van der Waals surface area (Å²) < 4.78 is 39.6. The lowest BCUT2D eigenvalue weighted by molar-refractivity contribution is -0.137. The van der Waals surface area contributed by atoms with Crippen molar-refractivity contribution < 1.29 is 13.2 Å². The molecule has 0 aliphatic heterocycles. The van der Waals surface area contributed by atoms with Gasteiger partial charge in [0.1, 0.15) is 5.82 Å². The van der Waals surface area contributed by atoms with Gasteiger partial charge in [0.25, 0.3) is 0 Å². The van der Waals surface area contributed by atoms with Crippen LogP contribution < -0.4 is 5.73 Å². The molecule has 0 unspecified atom stereocenters. The number of hydrogen-bond donors (Lipinski definition) is 1. The van der Waals surface area contributed by atoms with Crippen molar-refractivity contribution in [3.05, 3.63) is 42.0 Å². The number of imidazole rings is 1. The summed E-state index contributed by atoms with van der Waals surface area (Å²) in [7, 11) is 0. The van der Waals surface area contributed by atoms with Gasteiger partial charge in [0.05, 0.1) is 16.9 Å². The first-order valence-electron chi connectivity index (χ1n) is 6.42. The monoisotopic (exact) mass is 283 g/mol. The maximum absolute atomic E-state index is 12.6. The van der Waals surface area contributed by atoms with Crippen molar-refractivity contribution in [1.29, 1.82) is 0 Å². The topological polar surface area (TPSA) is 43.8 Å². The summed E-state index contributed by atoms with van der Waals surface area (Å²) in [6.45, 7) is 2.07. The van der Waals surface area contributed by atoms with Crippen molar-refractivity contribution in [1.82, 2.24) is 9.55 Å². The first kappa shape index (κ1) is 14.4. The fourth-order valence-electron chi connectivity index (χ4n) is 2.02. The van der Waals surface area contributed by atoms with Crippen LogP contribution in [0, 0.1) is 0 Å². The second-order valence-electron chi connectivity index (χ2n) is 4.59. The molecule has 1 aromatic carbocycles. The summed E-state index contributed by atoms with van der Waals surface area (Å²) in [6.07, 6.45) is 1.72. The molecule has 0 radical (unpaired) electrons. The highest BCUT2D eigenvalue weighted by molar-refractivity contribution is 5.60. The molecule has 3 nitrogen and oxygen atoms in total. The van der Waals surface area contributed by atoms with E-state index in [1.54, 1.807) is 17.0 Å². The predicted molar refractivity (Wildman–Crippen MR) is 71.6 cm³/mol. The number of nitrogens with zero attached hydrogens (tertiary/aromatic N) is 2. The fraction of sp³-hybridized carbons (Fsp3) is 0.357. The predicted octanol–water partition coefficient (Wildman–Crippen LogP) is 3.82. The lowest BCUT2D eigenvalue weighted by Gasteiger charge is -2.13. The van der Waals surface area contributed by atoms with Crippen molar-refractivity contribution in [3.63, 3.8) is 0 Å². The van der Waals surface area contributed by atoms with E-state index in [-0.39, 0.29) is 5.69 Å². The van der Waals surface area contributed by atoms with Gasteiger partial charge < -0.3 is 10.3 Å². The smallest absolute Gasteiger partial charge is 0.397 e. The Bertz CT molecular complexity index is 588. The number of hydrogen-bond acceptors (Lipinski definition) is 2. The second-order valence-corrected chi connectivity index (χ2v) is 4.59. The van der Waals surface area contributed by atoms with Gasteiger partial charge in [-0.2, -0.15) is 13.2 Å². The van der Waals surface area contributed by atoms with E-state index < -0.39 is 11.7 Å². The molecular formula is C14H16F3N3. The molecule has 0 spiro atoms. The minimum Gasteiger partial charge on any atom is -0.397 e. The van der Waals surface area contributed by atoms with Crippen LogP contribution in [-0.4, -0.2) is 9.55 Å². The lowest BCUT2D eigenvalue weighted by atomic mass is 10.1. The van der Waals surface area contributed by atoms with E-state index in [1.807, 2.05) is 0 Å². The van der Waals surface area contributed by atoms with Gasteiger partial charge in [0, 0.05) is 18.8 Å². The van der Waals surface area contributed by atoms with E-state index in [4.69, 9.17) is 5.73 Å². The first-order chi connectivity index (χ1) is 9.43. The Morgan fingerprint density at radius 3 is 2.65 bits per heavy atom. The fourth-order valence-corrected chi connectivity index (χ4v) is 2.02. The Hall–Kier alpha value is -1.98. The zero-order valence-electron chi connectivity index (χ0n) is 11.1. The quantitative estimate of drug-likeness (QED) is 0.867. The van der Waals surface area contributed by atoms with Gasteiger partial charge in [-0.3, -0.25) is 0 Å². The molecule has 2 rings (SSSR count). The SMILES string of the molecule is CCCCc1nccn1-c1ccc(C(F)(F)F)cc1N. The summed E-state index contributed by atoms with van der Waals surface area (Å²) in [5, 5.41) is 0. The summed E-state index contributed by atoms with van der Waals surface area (Å²) in [5.74, 6) is 0.804. The number of aromatic nitrogens is 2. The van der Waals surface area contributed by atoms with Crippen molar-refractivity contribution in [2.24, 2.45) is 0 Å². The zero-order chi connectivity index (χ0) is 14.8. The molecule has 20 heavy (non-hydrogen) atoms. The molecule has 6 heteroatoms. The number of anilines is 1. The van der Waals surface area contributed by atoms with Crippen LogP contribution in [-0.2, 0) is 12.6 Å². The van der Waals surface area contributed by atoms with Crippen molar-refractivity contribution >= 4 is 5.69 Å². The van der Waals surface area contributed by atoms with Gasteiger partial charge in [-0.1, -0.05) is 13.3 Å². The number of nitrogens with two attached hydrogens (primary N) is 1. The molecule has 0 saturated heterocycles. The Kier molecular flexibility index (Phi) is 4.01. The molecule has 0 bridgehead atoms. The summed E-state index contributed by atoms with van der Waals surface area (Å²) in [5.41, 5.74) is 5.64. The first-order valence-corrected chi connectivity index (χ1v) is 6.42. The van der Waals surface area contributed by atoms with E-state index in [2.05, 4.69) is 11.9 Å². The molecule has 0 amide bonds. The van der Waals surface area contributed by atoms with Crippen LogP contribution in [0.5, 0.6) is 0 Å². The molecule has 0 aliphatic carbocycles. The van der Waals surface area contributed by atoms with E-state index in [9.17, 15) is 13.2 Å². The van der Waals surface area contributed by atoms with Gasteiger partial charge in [-0.15, -0.1) is 0 Å². The number of rotatable bonds is 4. The number of benzene rings is 1. The summed E-state index contributed by atoms with van der Waals surface area (Å²) >= 11 is 0. The van der Waals surface area contributed by atoms with Gasteiger partial charge >= 0.3 is 6.18 Å². The molecule has 0 fully saturated rings. The van der Waals surface area contributed by atoms with Crippen LogP contribution in [0.4, 0.5) is 18.9 Å². The van der Waals surface area contributed by atoms with E-state index >= 15 is 0 Å². The third kappa shape index (κ3) is 2.95. The standard InChI is InChI=1S/C14H16F3N3/c1-2-3-4-13-19-7-8-20(13)12-6-5-10(9-11(12)18)14(15,16)17/h5-9H,2-4,18H2,1H3. The highest BCUT2D eigenvalue weighted by atomic mass is 19.4. The molecule has 0 atom stereocenters. The number of aryl methyl sites for hydroxylation is 1. The Morgan fingerprint density at radius 2 is 2.05 bits per heavy atom. The van der Waals surface area contributed by atoms with Crippen LogP contribution >= 0.6 is 0 Å². The minimum atomic E-state index is -4.38. The maximum atomic E-state index is 12.6. The van der Waals surface area contributed by atoms with Gasteiger partial charge in [0.15, 0.2) is 0 Å². The molecule has 0 aliphatic rings. The molecule has 1 aromatic heterocycles. The Labute approximate surface area is 115 Å². The lowest BCUT2D eigenvalue weighted by Crippen LogP contribution is -2.09. The van der Waals surface area contributed by atoms with Crippen LogP contribution in [0.25, 0.3) is 5.69 Å². The van der Waals surface area contributed by atoms with E-state index in [0.717, 1.165) is 37.2 Å². The van der Waals surface area contributed by atoms with Crippen molar-refractivity contribution in [2.45, 2.75) is 32.4 Å². The number of halogens is 3. The zero-order valence-corrected chi connectivity index (χ0v) is 11.1. The summed E-state index contributed by atoms with van der Waals surface area (Å²) in [6, 6.07) is 3.38. The van der Waals surface area contributed by atoms with Gasteiger partial charge in [-0.05, 0) is 24.6 Å². The van der Waals surface area contributed by atoms with E-state index in [1.165, 1.54) is 6.07 Å². The molecule has 0 saturated carbocycles. The van der Waals surface area contributed by atoms with Gasteiger partial charge in [-0.25, -0.2) is 4.98 Å². The highest BCUT2D eigenvalue weighted by Gasteiger charge is 2.30. The summed E-state index contributed by atoms with van der Waals surface area (Å²) in [4.78, 5) is 4.23. The normalized spacial score (nSPS) is 11.8. The van der Waals surface area contributed by atoms with Gasteiger partial charge in [0.2, 0.25) is 0 Å². The average Bonchev–Trinajstić information content (AvgIpc) is 2.83. The largest absolute Gasteiger partial charge is 0.416 e. The maximum Gasteiger partial charge on any atom is 0.416 e. The Morgan fingerprint density at radius 1 is 1.30 bits per heavy atom. The van der Waals surface area contributed by atoms with Crippen LogP contribution in [0.15, 0.2) is 30.6 Å². The molecule has 108 valence electrons. The molecule has 2 N–H and O–H groups in total. The third-order valence-electron chi connectivity index (χ3n) is 3.09. The van der Waals surface area contributed by atoms with Crippen LogP contribution in [0.1, 0.15) is 31.2 Å². The van der Waals surface area contributed by atoms with Crippen LogP contribution in [0.2, 0.25) is 0 Å². The van der Waals surface area contributed by atoms with Crippen LogP contribution in [0.3, 0.4) is 0 Å². The minimum absolute atomic E-state index is 0.0931. The number of alkyl halides is 3. The third-order valence-corrected chi connectivity index (χ3v) is 3.09. The van der Waals surface area contributed by atoms with Crippen molar-refractivity contribution in [3.8, 4) is 5.69 Å². The average molecular weight is 283 g/mol. The molecule has 1 heterocycles. The second kappa shape index (κ2) is 5.56. The number of nitrogen functional groups attached to an aromatic ring is 1. The Balaban J connectivity index is 2.37. The molecular weight excluding hydrogens is 267 g/mol. The van der Waals surface area contributed by atoms with E-state index in [0.29, 0.717) is 5.69 Å². The van der Waals surface area contributed by atoms with Crippen molar-refractivity contribution in [2.75, 3.05) is 5.73 Å².